The number of benzene rings is 2. The van der Waals surface area contributed by atoms with Crippen LogP contribution in [0.3, 0.4) is 0 Å². The molecule has 1 aliphatic rings. The summed E-state index contributed by atoms with van der Waals surface area (Å²) >= 11 is 0. The maximum Gasteiger partial charge on any atom is 0.341 e. The summed E-state index contributed by atoms with van der Waals surface area (Å²) in [4.78, 5) is 26.1. The summed E-state index contributed by atoms with van der Waals surface area (Å²) in [5.41, 5.74) is 2.20. The normalized spacial score (nSPS) is 14.0. The molecule has 2 amide bonds. The Bertz CT molecular complexity index is 1010. The van der Waals surface area contributed by atoms with Crippen molar-refractivity contribution >= 4 is 29.1 Å². The number of nitrogens with one attached hydrogen (secondary N) is 2. The zero-order valence-corrected chi connectivity index (χ0v) is 20.1. The molecule has 0 unspecified atom stereocenters. The molecule has 8 heteroatoms. The predicted molar refractivity (Wildman–Crippen MR) is 132 cm³/mol. The molecule has 0 heterocycles. The van der Waals surface area contributed by atoms with Crippen LogP contribution in [0.5, 0.6) is 5.75 Å². The van der Waals surface area contributed by atoms with E-state index in [1.54, 1.807) is 31.2 Å². The van der Waals surface area contributed by atoms with Crippen molar-refractivity contribution < 1.29 is 23.8 Å². The second kappa shape index (κ2) is 11.7. The van der Waals surface area contributed by atoms with E-state index in [1.807, 2.05) is 6.07 Å². The summed E-state index contributed by atoms with van der Waals surface area (Å²) in [5, 5.41) is 14.5. The molecular formula is C26H34FN3O4. The number of nitrogens with zero attached hydrogens (tertiary/aromatic N) is 1. The highest BCUT2D eigenvalue weighted by atomic mass is 19.1. The third-order valence-corrected chi connectivity index (χ3v) is 5.89. The number of aliphatic carboxylic acids is 1. The van der Waals surface area contributed by atoms with Crippen molar-refractivity contribution in [2.45, 2.75) is 58.9 Å². The molecule has 34 heavy (non-hydrogen) atoms. The van der Waals surface area contributed by atoms with E-state index in [9.17, 15) is 14.0 Å². The van der Waals surface area contributed by atoms with Crippen LogP contribution < -0.4 is 20.3 Å². The van der Waals surface area contributed by atoms with E-state index in [-0.39, 0.29) is 0 Å². The molecule has 7 nitrogen and oxygen atoms in total. The number of halogens is 1. The Balaban J connectivity index is 1.89. The molecular weight excluding hydrogens is 437 g/mol. The highest BCUT2D eigenvalue weighted by Crippen LogP contribution is 2.36. The second-order valence-corrected chi connectivity index (χ2v) is 9.24. The van der Waals surface area contributed by atoms with Crippen LogP contribution in [0, 0.1) is 18.7 Å². The Morgan fingerprint density at radius 1 is 1.12 bits per heavy atom. The average molecular weight is 472 g/mol. The summed E-state index contributed by atoms with van der Waals surface area (Å²) in [6.07, 6.45) is 5.73. The number of rotatable bonds is 9. The monoisotopic (exact) mass is 471 g/mol. The topological polar surface area (TPSA) is 90.9 Å². The number of urea groups is 1. The van der Waals surface area contributed by atoms with Gasteiger partial charge in [0.05, 0.1) is 11.4 Å². The van der Waals surface area contributed by atoms with Crippen LogP contribution in [0.15, 0.2) is 36.4 Å². The average Bonchev–Trinajstić information content (AvgIpc) is 2.79. The van der Waals surface area contributed by atoms with Crippen molar-refractivity contribution in [1.82, 2.24) is 0 Å². The van der Waals surface area contributed by atoms with Gasteiger partial charge in [0.1, 0.15) is 11.6 Å². The Kier molecular flexibility index (Phi) is 8.73. The molecule has 0 saturated heterocycles. The fourth-order valence-electron chi connectivity index (χ4n) is 4.29. The molecule has 0 aliphatic heterocycles. The van der Waals surface area contributed by atoms with Gasteiger partial charge in [-0.3, -0.25) is 0 Å². The van der Waals surface area contributed by atoms with Crippen LogP contribution in [0.4, 0.5) is 26.2 Å². The first-order chi connectivity index (χ1) is 16.2. The molecule has 1 fully saturated rings. The highest BCUT2D eigenvalue weighted by Gasteiger charge is 2.25. The number of hydrogen-bond acceptors (Lipinski definition) is 4. The van der Waals surface area contributed by atoms with Gasteiger partial charge in [0.2, 0.25) is 0 Å². The van der Waals surface area contributed by atoms with Crippen molar-refractivity contribution in [3.05, 3.63) is 47.8 Å². The summed E-state index contributed by atoms with van der Waals surface area (Å²) in [6, 6.07) is 9.59. The Labute approximate surface area is 200 Å². The van der Waals surface area contributed by atoms with Gasteiger partial charge in [-0.05, 0) is 55.5 Å². The first kappa shape index (κ1) is 25.3. The molecule has 1 saturated carbocycles. The standard InChI is InChI=1S/C26H34FN3O4/c1-17(2)15-30(20-7-5-4-6-8-20)24-12-11-21(34-16-25(31)32)14-23(24)29-26(33)28-19-10-9-18(3)22(27)13-19/h9-14,17,20H,4-8,15-16H2,1-3H3,(H,31,32)(H2,28,29,33). The van der Waals surface area contributed by atoms with Gasteiger partial charge in [0.15, 0.2) is 6.61 Å². The Morgan fingerprint density at radius 2 is 1.85 bits per heavy atom. The quantitative estimate of drug-likeness (QED) is 0.415. The zero-order chi connectivity index (χ0) is 24.7. The third kappa shape index (κ3) is 7.10. The lowest BCUT2D eigenvalue weighted by atomic mass is 9.93. The lowest BCUT2D eigenvalue weighted by Crippen LogP contribution is -2.40. The molecule has 2 aromatic rings. The van der Waals surface area contributed by atoms with E-state index in [2.05, 4.69) is 29.4 Å². The summed E-state index contributed by atoms with van der Waals surface area (Å²) in [7, 11) is 0. The van der Waals surface area contributed by atoms with Gasteiger partial charge in [-0.25, -0.2) is 14.0 Å². The van der Waals surface area contributed by atoms with Crippen molar-refractivity contribution in [1.29, 1.82) is 0 Å². The number of amides is 2. The number of ether oxygens (including phenoxy) is 1. The summed E-state index contributed by atoms with van der Waals surface area (Å²) in [5.74, 6) is -0.734. The molecule has 0 atom stereocenters. The summed E-state index contributed by atoms with van der Waals surface area (Å²) < 4.78 is 19.3. The molecule has 0 aromatic heterocycles. The lowest BCUT2D eigenvalue weighted by molar-refractivity contribution is -0.139. The smallest absolute Gasteiger partial charge is 0.341 e. The van der Waals surface area contributed by atoms with E-state index in [1.165, 1.54) is 25.3 Å². The first-order valence-corrected chi connectivity index (χ1v) is 11.8. The number of carbonyl (C=O) groups is 2. The van der Waals surface area contributed by atoms with Gasteiger partial charge in [0, 0.05) is 24.3 Å². The van der Waals surface area contributed by atoms with E-state index >= 15 is 0 Å². The van der Waals surface area contributed by atoms with Crippen molar-refractivity contribution in [3.63, 3.8) is 0 Å². The predicted octanol–water partition coefficient (Wildman–Crippen LogP) is 6.04. The highest BCUT2D eigenvalue weighted by molar-refractivity contribution is 6.02. The third-order valence-electron chi connectivity index (χ3n) is 5.89. The molecule has 0 radical (unpaired) electrons. The van der Waals surface area contributed by atoms with E-state index in [4.69, 9.17) is 9.84 Å². The number of carboxylic acid groups (broad SMARTS) is 1. The number of anilines is 3. The largest absolute Gasteiger partial charge is 0.482 e. The van der Waals surface area contributed by atoms with Crippen LogP contribution in [0.2, 0.25) is 0 Å². The van der Waals surface area contributed by atoms with Crippen LogP contribution in [-0.4, -0.2) is 36.3 Å². The van der Waals surface area contributed by atoms with Crippen LogP contribution in [0.1, 0.15) is 51.5 Å². The van der Waals surface area contributed by atoms with E-state index in [0.29, 0.717) is 34.6 Å². The minimum Gasteiger partial charge on any atom is -0.482 e. The fourth-order valence-corrected chi connectivity index (χ4v) is 4.29. The fraction of sp³-hybridized carbons (Fsp3) is 0.462. The van der Waals surface area contributed by atoms with Crippen LogP contribution in [-0.2, 0) is 4.79 Å². The number of carbonyl (C=O) groups excluding carboxylic acids is 1. The number of carboxylic acids is 1. The van der Waals surface area contributed by atoms with E-state index < -0.39 is 24.4 Å². The molecule has 184 valence electrons. The van der Waals surface area contributed by atoms with Gasteiger partial charge in [-0.2, -0.15) is 0 Å². The molecule has 1 aliphatic carbocycles. The van der Waals surface area contributed by atoms with Gasteiger partial charge in [-0.15, -0.1) is 0 Å². The first-order valence-electron chi connectivity index (χ1n) is 11.8. The molecule has 2 aromatic carbocycles. The van der Waals surface area contributed by atoms with E-state index in [0.717, 1.165) is 25.1 Å². The zero-order valence-electron chi connectivity index (χ0n) is 20.1. The van der Waals surface area contributed by atoms with Gasteiger partial charge >= 0.3 is 12.0 Å². The van der Waals surface area contributed by atoms with Gasteiger partial charge in [-0.1, -0.05) is 39.2 Å². The SMILES string of the molecule is Cc1ccc(NC(=O)Nc2cc(OCC(=O)O)ccc2N(CC(C)C)C2CCCCC2)cc1F. The maximum atomic E-state index is 13.9. The number of aryl methyl sites for hydroxylation is 1. The second-order valence-electron chi connectivity index (χ2n) is 9.24. The Morgan fingerprint density at radius 3 is 2.50 bits per heavy atom. The van der Waals surface area contributed by atoms with Crippen molar-refractivity contribution in [2.24, 2.45) is 5.92 Å². The van der Waals surface area contributed by atoms with Crippen molar-refractivity contribution in [3.8, 4) is 5.75 Å². The van der Waals surface area contributed by atoms with Gasteiger partial charge < -0.3 is 25.4 Å². The maximum absolute atomic E-state index is 13.9. The van der Waals surface area contributed by atoms with Crippen LogP contribution in [0.25, 0.3) is 0 Å². The molecule has 3 rings (SSSR count). The number of hydrogen-bond donors (Lipinski definition) is 3. The van der Waals surface area contributed by atoms with Crippen molar-refractivity contribution in [2.75, 3.05) is 28.7 Å². The summed E-state index contributed by atoms with van der Waals surface area (Å²) in [6.45, 7) is 6.31. The molecule has 0 spiro atoms. The molecule has 3 N–H and O–H groups in total. The minimum atomic E-state index is -1.08. The lowest BCUT2D eigenvalue weighted by Gasteiger charge is -2.38. The van der Waals surface area contributed by atoms with Crippen LogP contribution >= 0.6 is 0 Å². The van der Waals surface area contributed by atoms with Gasteiger partial charge in [0.25, 0.3) is 0 Å². The Hall–Kier alpha value is -3.29. The minimum absolute atomic E-state index is 0.340. The molecule has 0 bridgehead atoms.